The summed E-state index contributed by atoms with van der Waals surface area (Å²) in [4.78, 5) is 14.1. The predicted octanol–water partition coefficient (Wildman–Crippen LogP) is 2.40. The van der Waals surface area contributed by atoms with Crippen LogP contribution in [0, 0.1) is 0 Å². The van der Waals surface area contributed by atoms with Crippen LogP contribution in [-0.4, -0.2) is 45.8 Å². The van der Waals surface area contributed by atoms with Gasteiger partial charge in [-0.3, -0.25) is 4.90 Å². The van der Waals surface area contributed by atoms with Crippen molar-refractivity contribution in [3.8, 4) is 11.5 Å². The highest BCUT2D eigenvalue weighted by Gasteiger charge is 2.17. The van der Waals surface area contributed by atoms with Crippen molar-refractivity contribution in [2.24, 2.45) is 0 Å². The lowest BCUT2D eigenvalue weighted by molar-refractivity contribution is 0.225. The normalized spacial score (nSPS) is 11.9. The number of furan rings is 1. The summed E-state index contributed by atoms with van der Waals surface area (Å²) in [7, 11) is 7.07. The van der Waals surface area contributed by atoms with Gasteiger partial charge in [-0.1, -0.05) is 0 Å². The van der Waals surface area contributed by atoms with Gasteiger partial charge in [0, 0.05) is 18.7 Å². The second kappa shape index (κ2) is 8.98. The summed E-state index contributed by atoms with van der Waals surface area (Å²) in [6.07, 6.45) is 1.63. The molecule has 7 heteroatoms. The molecule has 0 aliphatic carbocycles. The van der Waals surface area contributed by atoms with Crippen LogP contribution >= 0.6 is 0 Å². The van der Waals surface area contributed by atoms with E-state index >= 15 is 0 Å². The highest BCUT2D eigenvalue weighted by atomic mass is 16.5. The summed E-state index contributed by atoms with van der Waals surface area (Å²) in [6.45, 7) is 0.765. The Kier molecular flexibility index (Phi) is 6.71. The lowest BCUT2D eigenvalue weighted by Gasteiger charge is -2.22. The Balaban J connectivity index is 1.90. The zero-order valence-electron chi connectivity index (χ0n) is 15.0. The Morgan fingerprint density at radius 2 is 2.00 bits per heavy atom. The Bertz CT molecular complexity index is 671. The summed E-state index contributed by atoms with van der Waals surface area (Å²) in [5.74, 6) is 2.21. The van der Waals surface area contributed by atoms with Crippen molar-refractivity contribution in [3.63, 3.8) is 0 Å². The van der Waals surface area contributed by atoms with Crippen LogP contribution in [0.4, 0.5) is 4.79 Å². The van der Waals surface area contributed by atoms with Crippen molar-refractivity contribution in [1.82, 2.24) is 15.5 Å². The highest BCUT2D eigenvalue weighted by molar-refractivity contribution is 5.74. The first kappa shape index (κ1) is 18.7. The molecule has 2 N–H and O–H groups in total. The summed E-state index contributed by atoms with van der Waals surface area (Å²) in [5, 5.41) is 5.69. The number of ether oxygens (including phenoxy) is 2. The van der Waals surface area contributed by atoms with Gasteiger partial charge in [0.2, 0.25) is 0 Å². The molecule has 1 aromatic carbocycles. The van der Waals surface area contributed by atoms with Crippen LogP contribution in [0.25, 0.3) is 0 Å². The smallest absolute Gasteiger partial charge is 0.315 e. The first-order chi connectivity index (χ1) is 12.0. The number of nitrogens with zero attached hydrogens (tertiary/aromatic N) is 1. The van der Waals surface area contributed by atoms with Gasteiger partial charge in [-0.25, -0.2) is 4.79 Å². The van der Waals surface area contributed by atoms with Gasteiger partial charge in [-0.05, 0) is 44.4 Å². The highest BCUT2D eigenvalue weighted by Crippen LogP contribution is 2.23. The monoisotopic (exact) mass is 347 g/mol. The number of carbonyl (C=O) groups is 1. The van der Waals surface area contributed by atoms with Gasteiger partial charge in [-0.2, -0.15) is 0 Å². The van der Waals surface area contributed by atoms with E-state index in [1.165, 1.54) is 0 Å². The van der Waals surface area contributed by atoms with Gasteiger partial charge in [0.15, 0.2) is 0 Å². The van der Waals surface area contributed by atoms with Gasteiger partial charge >= 0.3 is 6.03 Å². The SMILES string of the molecule is COc1ccc(OC)c(CNC(=O)NC[C@H](c2ccco2)N(C)C)c1. The molecule has 1 atom stereocenters. The standard InChI is InChI=1S/C18H25N3O4/c1-21(2)15(17-6-5-9-25-17)12-20-18(22)19-11-13-10-14(23-3)7-8-16(13)24-4/h5-10,15H,11-12H2,1-4H3,(H2,19,20,22)/t15-/m1/s1. The molecule has 0 saturated carbocycles. The van der Waals surface area contributed by atoms with E-state index in [1.807, 2.05) is 49.3 Å². The summed E-state index contributed by atoms with van der Waals surface area (Å²) >= 11 is 0. The molecule has 25 heavy (non-hydrogen) atoms. The topological polar surface area (TPSA) is 76.0 Å². The van der Waals surface area contributed by atoms with E-state index in [0.717, 1.165) is 11.3 Å². The lowest BCUT2D eigenvalue weighted by atomic mass is 10.2. The van der Waals surface area contributed by atoms with E-state index in [0.29, 0.717) is 24.6 Å². The van der Waals surface area contributed by atoms with Crippen molar-refractivity contribution in [2.45, 2.75) is 12.6 Å². The maximum absolute atomic E-state index is 12.1. The Labute approximate surface area is 147 Å². The third-order valence-corrected chi connectivity index (χ3v) is 3.88. The van der Waals surface area contributed by atoms with E-state index in [2.05, 4.69) is 10.6 Å². The lowest BCUT2D eigenvalue weighted by Crippen LogP contribution is -2.40. The minimum Gasteiger partial charge on any atom is -0.497 e. The second-order valence-electron chi connectivity index (χ2n) is 5.74. The van der Waals surface area contributed by atoms with Crippen molar-refractivity contribution >= 4 is 6.03 Å². The van der Waals surface area contributed by atoms with Crippen LogP contribution < -0.4 is 20.1 Å². The number of benzene rings is 1. The second-order valence-corrected chi connectivity index (χ2v) is 5.74. The van der Waals surface area contributed by atoms with Crippen LogP contribution in [0.5, 0.6) is 11.5 Å². The van der Waals surface area contributed by atoms with Gasteiger partial charge < -0.3 is 24.5 Å². The zero-order valence-corrected chi connectivity index (χ0v) is 15.0. The maximum Gasteiger partial charge on any atom is 0.315 e. The molecule has 0 aliphatic heterocycles. The minimum absolute atomic E-state index is 0.0351. The number of hydrogen-bond acceptors (Lipinski definition) is 5. The van der Waals surface area contributed by atoms with Crippen molar-refractivity contribution < 1.29 is 18.7 Å². The van der Waals surface area contributed by atoms with E-state index in [9.17, 15) is 4.79 Å². The summed E-state index contributed by atoms with van der Waals surface area (Å²) in [6, 6.07) is 8.90. The van der Waals surface area contributed by atoms with Crippen LogP contribution in [0.1, 0.15) is 17.4 Å². The number of methoxy groups -OCH3 is 2. The molecule has 0 unspecified atom stereocenters. The molecule has 0 fully saturated rings. The van der Waals surface area contributed by atoms with Crippen molar-refractivity contribution in [2.75, 3.05) is 34.9 Å². The first-order valence-electron chi connectivity index (χ1n) is 7.97. The number of urea groups is 1. The number of amides is 2. The molecular formula is C18H25N3O4. The Morgan fingerprint density at radius 1 is 1.20 bits per heavy atom. The molecule has 1 heterocycles. The Hall–Kier alpha value is -2.67. The number of carbonyl (C=O) groups excluding carboxylic acids is 1. The van der Waals surface area contributed by atoms with Gasteiger partial charge in [0.25, 0.3) is 0 Å². The van der Waals surface area contributed by atoms with Gasteiger partial charge in [-0.15, -0.1) is 0 Å². The van der Waals surface area contributed by atoms with E-state index in [-0.39, 0.29) is 12.1 Å². The van der Waals surface area contributed by atoms with Crippen LogP contribution in [0.15, 0.2) is 41.0 Å². The molecule has 0 bridgehead atoms. The average molecular weight is 347 g/mol. The molecule has 1 aromatic heterocycles. The van der Waals surface area contributed by atoms with E-state index in [1.54, 1.807) is 20.5 Å². The average Bonchev–Trinajstić information content (AvgIpc) is 3.13. The quantitative estimate of drug-likeness (QED) is 0.767. The number of hydrogen-bond donors (Lipinski definition) is 2. The fourth-order valence-electron chi connectivity index (χ4n) is 2.47. The third-order valence-electron chi connectivity index (χ3n) is 3.88. The molecule has 2 aromatic rings. The molecule has 0 aliphatic rings. The first-order valence-corrected chi connectivity index (χ1v) is 7.97. The molecular weight excluding hydrogens is 322 g/mol. The van der Waals surface area contributed by atoms with E-state index < -0.39 is 0 Å². The molecule has 2 rings (SSSR count). The van der Waals surface area contributed by atoms with Crippen LogP contribution in [-0.2, 0) is 6.54 Å². The fourth-order valence-corrected chi connectivity index (χ4v) is 2.47. The van der Waals surface area contributed by atoms with Crippen LogP contribution in [0.3, 0.4) is 0 Å². The fraction of sp³-hybridized carbons (Fsp3) is 0.389. The van der Waals surface area contributed by atoms with Crippen molar-refractivity contribution in [1.29, 1.82) is 0 Å². The number of nitrogens with one attached hydrogen (secondary N) is 2. The zero-order chi connectivity index (χ0) is 18.2. The molecule has 0 saturated heterocycles. The summed E-state index contributed by atoms with van der Waals surface area (Å²) in [5.41, 5.74) is 0.840. The molecule has 7 nitrogen and oxygen atoms in total. The molecule has 136 valence electrons. The summed E-state index contributed by atoms with van der Waals surface area (Å²) < 4.78 is 15.9. The van der Waals surface area contributed by atoms with E-state index in [4.69, 9.17) is 13.9 Å². The number of rotatable bonds is 8. The molecule has 0 spiro atoms. The predicted molar refractivity (Wildman–Crippen MR) is 94.9 cm³/mol. The van der Waals surface area contributed by atoms with Gasteiger partial charge in [0.1, 0.15) is 17.3 Å². The van der Waals surface area contributed by atoms with Crippen molar-refractivity contribution in [3.05, 3.63) is 47.9 Å². The largest absolute Gasteiger partial charge is 0.497 e. The molecule has 0 radical (unpaired) electrons. The van der Waals surface area contributed by atoms with Crippen LogP contribution in [0.2, 0.25) is 0 Å². The number of likely N-dealkylation sites (N-methyl/N-ethyl adjacent to an activating group) is 1. The minimum atomic E-state index is -0.261. The third kappa shape index (κ3) is 5.15. The molecule has 2 amide bonds. The van der Waals surface area contributed by atoms with Gasteiger partial charge in [0.05, 0.1) is 26.5 Å². The Morgan fingerprint density at radius 3 is 2.60 bits per heavy atom. The maximum atomic E-state index is 12.1.